The zero-order chi connectivity index (χ0) is 23.8. The second kappa shape index (κ2) is 9.17. The minimum atomic E-state index is -2.52. The fraction of sp³-hybridized carbons (Fsp3) is 0.0968. The van der Waals surface area contributed by atoms with E-state index in [4.69, 9.17) is 9.05 Å². The van der Waals surface area contributed by atoms with Crippen LogP contribution >= 0.6 is 5.96 Å². The van der Waals surface area contributed by atoms with Gasteiger partial charge in [0.1, 0.15) is 0 Å². The Labute approximate surface area is 213 Å². The van der Waals surface area contributed by atoms with E-state index in [-0.39, 0.29) is 5.66 Å². The quantitative estimate of drug-likeness (QED) is 0.127. The summed E-state index contributed by atoms with van der Waals surface area (Å²) in [6.45, 7) is 4.05. The molecule has 172 valence electrons. The molecule has 0 fully saturated rings. The van der Waals surface area contributed by atoms with Crippen LogP contribution in [0.3, 0.4) is 0 Å². The van der Waals surface area contributed by atoms with Crippen molar-refractivity contribution >= 4 is 42.6 Å². The van der Waals surface area contributed by atoms with Crippen LogP contribution in [-0.4, -0.2) is 20.8 Å². The number of hydrogen-bond acceptors (Lipinski definition) is 2. The van der Waals surface area contributed by atoms with E-state index < -0.39 is 5.96 Å². The van der Waals surface area contributed by atoms with Crippen LogP contribution in [0.1, 0.15) is 12.0 Å². The summed E-state index contributed by atoms with van der Waals surface area (Å²) in [4.78, 5) is 0. The van der Waals surface area contributed by atoms with Crippen LogP contribution in [-0.2, 0) is 6.42 Å². The van der Waals surface area contributed by atoms with Crippen molar-refractivity contribution in [1.82, 2.24) is 0 Å². The monoisotopic (exact) mass is 540 g/mol. The molecular formula is C31H25O2PSe. The van der Waals surface area contributed by atoms with E-state index >= 15 is 0 Å². The van der Waals surface area contributed by atoms with Crippen molar-refractivity contribution in [2.45, 2.75) is 18.5 Å². The van der Waals surface area contributed by atoms with E-state index in [0.717, 1.165) is 35.5 Å². The zero-order valence-electron chi connectivity index (χ0n) is 19.3. The van der Waals surface area contributed by atoms with Crippen molar-refractivity contribution in [2.24, 2.45) is 0 Å². The maximum atomic E-state index is 6.96. The predicted octanol–water partition coefficient (Wildman–Crippen LogP) is 8.55. The molecule has 0 N–H and O–H groups in total. The molecule has 0 radical (unpaired) electrons. The van der Waals surface area contributed by atoms with Gasteiger partial charge in [-0.25, -0.2) is 0 Å². The van der Waals surface area contributed by atoms with Crippen molar-refractivity contribution in [3.8, 4) is 22.6 Å². The molecule has 0 unspecified atom stereocenters. The first kappa shape index (κ1) is 22.4. The van der Waals surface area contributed by atoms with E-state index in [0.29, 0.717) is 0 Å². The zero-order valence-corrected chi connectivity index (χ0v) is 21.9. The summed E-state index contributed by atoms with van der Waals surface area (Å²) in [5.41, 5.74) is 3.59. The van der Waals surface area contributed by atoms with Gasteiger partial charge in [0.15, 0.2) is 0 Å². The average Bonchev–Trinajstić information content (AvgIpc) is 3.03. The fourth-order valence-electron chi connectivity index (χ4n) is 5.02. The van der Waals surface area contributed by atoms with Gasteiger partial charge >= 0.3 is 214 Å². The third kappa shape index (κ3) is 4.05. The molecule has 35 heavy (non-hydrogen) atoms. The van der Waals surface area contributed by atoms with E-state index in [2.05, 4.69) is 125 Å². The molecule has 1 atom stereocenters. The Morgan fingerprint density at radius 1 is 0.686 bits per heavy atom. The minimum absolute atomic E-state index is 0.124. The average molecular weight is 539 g/mol. The van der Waals surface area contributed by atoms with Crippen molar-refractivity contribution in [3.63, 3.8) is 0 Å². The van der Waals surface area contributed by atoms with Crippen LogP contribution in [0, 0.1) is 0 Å². The Morgan fingerprint density at radius 3 is 1.74 bits per heavy atom. The predicted molar refractivity (Wildman–Crippen MR) is 150 cm³/mol. The van der Waals surface area contributed by atoms with Gasteiger partial charge in [-0.05, 0) is 0 Å². The Morgan fingerprint density at radius 2 is 1.20 bits per heavy atom. The Bertz CT molecular complexity index is 1520. The number of allylic oxidation sites excluding steroid dienone is 1. The molecule has 0 saturated heterocycles. The molecular weight excluding hydrogens is 514 g/mol. The molecule has 0 amide bonds. The summed E-state index contributed by atoms with van der Waals surface area (Å²) in [6, 6.07) is 36.1. The van der Waals surface area contributed by atoms with Gasteiger partial charge in [-0.3, -0.25) is 0 Å². The summed E-state index contributed by atoms with van der Waals surface area (Å²) in [5.74, 6) is -0.779. The Kier molecular flexibility index (Phi) is 5.86. The van der Waals surface area contributed by atoms with Gasteiger partial charge in [-0.2, -0.15) is 0 Å². The van der Waals surface area contributed by atoms with E-state index in [1.807, 2.05) is 6.08 Å². The number of fused-ring (bicyclic) bond motifs is 7. The van der Waals surface area contributed by atoms with Gasteiger partial charge in [0.05, 0.1) is 0 Å². The number of hydrogen-bond donors (Lipinski definition) is 0. The first-order valence-corrected chi connectivity index (χ1v) is 15.7. The van der Waals surface area contributed by atoms with Gasteiger partial charge in [-0.15, -0.1) is 0 Å². The van der Waals surface area contributed by atoms with Crippen LogP contribution in [0.25, 0.3) is 32.7 Å². The summed E-state index contributed by atoms with van der Waals surface area (Å²) in [6.07, 6.45) is 3.62. The Hall–Kier alpha value is -3.09. The topological polar surface area (TPSA) is 18.5 Å². The van der Waals surface area contributed by atoms with Crippen LogP contribution in [0.2, 0.25) is 0 Å². The third-order valence-corrected chi connectivity index (χ3v) is 11.7. The SMILES string of the molecule is C=CC[C@@H](Cc1ccccc1)P1(=[Se])Oc2ccc3ccccc3c2-c2c(ccc3ccccc23)O1. The molecule has 0 spiro atoms. The summed E-state index contributed by atoms with van der Waals surface area (Å²) < 4.78 is 13.9. The van der Waals surface area contributed by atoms with Crippen molar-refractivity contribution in [2.75, 3.05) is 0 Å². The summed E-state index contributed by atoms with van der Waals surface area (Å²) in [5, 5.41) is 4.71. The second-order valence-electron chi connectivity index (χ2n) is 8.91. The number of rotatable bonds is 5. The molecule has 0 aromatic heterocycles. The molecule has 0 bridgehead atoms. The molecule has 1 aliphatic rings. The summed E-state index contributed by atoms with van der Waals surface area (Å²) in [7, 11) is 0. The van der Waals surface area contributed by atoms with Crippen LogP contribution in [0.5, 0.6) is 11.5 Å². The molecule has 5 aromatic rings. The van der Waals surface area contributed by atoms with Gasteiger partial charge in [0.25, 0.3) is 0 Å². The third-order valence-electron chi connectivity index (χ3n) is 6.68. The fourth-order valence-corrected chi connectivity index (χ4v) is 9.07. The molecule has 5 aromatic carbocycles. The maximum absolute atomic E-state index is 6.96. The van der Waals surface area contributed by atoms with Crippen LogP contribution < -0.4 is 9.05 Å². The van der Waals surface area contributed by atoms with Crippen LogP contribution in [0.4, 0.5) is 0 Å². The van der Waals surface area contributed by atoms with Gasteiger partial charge < -0.3 is 0 Å². The molecule has 4 heteroatoms. The molecule has 0 aliphatic carbocycles. The first-order valence-electron chi connectivity index (χ1n) is 11.8. The van der Waals surface area contributed by atoms with Crippen LogP contribution in [0.15, 0.2) is 116 Å². The first-order chi connectivity index (χ1) is 17.2. The van der Waals surface area contributed by atoms with Gasteiger partial charge in [0.2, 0.25) is 0 Å². The number of benzene rings is 5. The molecule has 0 saturated carbocycles. The molecule has 2 nitrogen and oxygen atoms in total. The standard InChI is InChI=1S/C31H25O2PSe/c1-2-10-25(21-22-11-4-3-5-12-22)34(35)32-28-19-17-23-13-6-8-15-26(23)30(28)31-27-16-9-7-14-24(27)18-20-29(31)33-34/h2-9,11-20,25H,1,10,21H2/t25-/m0/s1. The van der Waals surface area contributed by atoms with E-state index in [1.165, 1.54) is 27.1 Å². The van der Waals surface area contributed by atoms with E-state index in [9.17, 15) is 0 Å². The van der Waals surface area contributed by atoms with Crippen molar-refractivity contribution in [1.29, 1.82) is 0 Å². The molecule has 1 heterocycles. The van der Waals surface area contributed by atoms with Gasteiger partial charge in [0, 0.05) is 0 Å². The van der Waals surface area contributed by atoms with Gasteiger partial charge in [-0.1, -0.05) is 0 Å². The normalized spacial score (nSPS) is 14.7. The van der Waals surface area contributed by atoms with Crippen molar-refractivity contribution < 1.29 is 9.05 Å². The van der Waals surface area contributed by atoms with Crippen molar-refractivity contribution in [3.05, 3.63) is 121 Å². The summed E-state index contributed by atoms with van der Waals surface area (Å²) >= 11 is 3.43. The molecule has 1 aliphatic heterocycles. The van der Waals surface area contributed by atoms with E-state index in [1.54, 1.807) is 0 Å². The molecule has 6 rings (SSSR count). The Balaban J connectivity index is 1.61. The second-order valence-corrected chi connectivity index (χ2v) is 14.3.